The Hall–Kier alpha value is -1.31. The zero-order valence-corrected chi connectivity index (χ0v) is 14.1. The maximum atomic E-state index is 13.1. The van der Waals surface area contributed by atoms with Crippen LogP contribution in [0.4, 0.5) is 13.2 Å². The van der Waals surface area contributed by atoms with E-state index in [-0.39, 0.29) is 18.5 Å². The summed E-state index contributed by atoms with van der Waals surface area (Å²) in [6.45, 7) is 3.54. The van der Waals surface area contributed by atoms with Crippen LogP contribution in [0.1, 0.15) is 39.5 Å². The average Bonchev–Trinajstić information content (AvgIpc) is 2.99. The number of carbonyl (C=O) groups excluding carboxylic acids is 1. The van der Waals surface area contributed by atoms with Crippen molar-refractivity contribution in [1.29, 1.82) is 0 Å². The van der Waals surface area contributed by atoms with E-state index in [2.05, 4.69) is 0 Å². The molecule has 2 heterocycles. The first-order chi connectivity index (χ1) is 11.2. The van der Waals surface area contributed by atoms with Gasteiger partial charge in [0.15, 0.2) is 0 Å². The lowest BCUT2D eigenvalue weighted by molar-refractivity contribution is -0.188. The van der Waals surface area contributed by atoms with Gasteiger partial charge in [-0.3, -0.25) is 14.5 Å². The molecule has 0 saturated carbocycles. The van der Waals surface area contributed by atoms with Gasteiger partial charge in [-0.05, 0) is 32.6 Å². The van der Waals surface area contributed by atoms with Crippen molar-refractivity contribution in [1.82, 2.24) is 9.80 Å². The Balaban J connectivity index is 2.10. The van der Waals surface area contributed by atoms with Crippen LogP contribution in [0, 0.1) is 11.8 Å². The fraction of sp³-hybridized carbons (Fsp3) is 0.875. The molecule has 1 amide bonds. The number of rotatable bonds is 4. The third-order valence-electron chi connectivity index (χ3n) is 5.37. The molecule has 2 aliphatic heterocycles. The van der Waals surface area contributed by atoms with Gasteiger partial charge in [0.25, 0.3) is 0 Å². The zero-order valence-electron chi connectivity index (χ0n) is 14.1. The van der Waals surface area contributed by atoms with Crippen LogP contribution in [-0.4, -0.2) is 64.7 Å². The quantitative estimate of drug-likeness (QED) is 0.846. The van der Waals surface area contributed by atoms with E-state index >= 15 is 0 Å². The lowest BCUT2D eigenvalue weighted by atomic mass is 9.96. The number of aliphatic carboxylic acids is 1. The molecule has 2 unspecified atom stereocenters. The highest BCUT2D eigenvalue weighted by molar-refractivity contribution is 5.82. The lowest BCUT2D eigenvalue weighted by Crippen LogP contribution is -2.52. The van der Waals surface area contributed by atoms with Gasteiger partial charge in [0, 0.05) is 25.7 Å². The summed E-state index contributed by atoms with van der Waals surface area (Å²) in [5.41, 5.74) is 0. The number of carboxylic acids is 1. The van der Waals surface area contributed by atoms with Crippen LogP contribution >= 0.6 is 0 Å². The first kappa shape index (κ1) is 19.0. The Morgan fingerprint density at radius 3 is 2.42 bits per heavy atom. The summed E-state index contributed by atoms with van der Waals surface area (Å²) in [5, 5.41) is 9.09. The number of amides is 1. The predicted octanol–water partition coefficient (Wildman–Crippen LogP) is 2.36. The standard InChI is InChI=1S/C16H25F3N2O3/c1-3-11-6-4-5-7-21(11)14(22)10(2)20-8-12(15(23)24)13(9-20)16(17,18)19/h10-13H,3-9H2,1-2H3,(H,23,24)/t10?,11?,12-,13-/m1/s1. The number of nitrogens with zero attached hydrogens (tertiary/aromatic N) is 2. The van der Waals surface area contributed by atoms with Crippen LogP contribution in [0.2, 0.25) is 0 Å². The molecule has 138 valence electrons. The molecule has 2 aliphatic rings. The fourth-order valence-corrected chi connectivity index (χ4v) is 3.84. The maximum Gasteiger partial charge on any atom is 0.393 e. The van der Waals surface area contributed by atoms with Gasteiger partial charge >= 0.3 is 12.1 Å². The molecule has 2 fully saturated rings. The number of likely N-dealkylation sites (tertiary alicyclic amines) is 2. The molecule has 2 rings (SSSR count). The molecule has 0 radical (unpaired) electrons. The van der Waals surface area contributed by atoms with Crippen LogP contribution in [0.15, 0.2) is 0 Å². The Morgan fingerprint density at radius 2 is 1.92 bits per heavy atom. The van der Waals surface area contributed by atoms with E-state index in [0.29, 0.717) is 6.54 Å². The number of carboxylic acid groups (broad SMARTS) is 1. The molecule has 0 aromatic heterocycles. The summed E-state index contributed by atoms with van der Waals surface area (Å²) < 4.78 is 39.3. The monoisotopic (exact) mass is 350 g/mol. The van der Waals surface area contributed by atoms with Gasteiger partial charge in [0.1, 0.15) is 0 Å². The predicted molar refractivity (Wildman–Crippen MR) is 81.3 cm³/mol. The molecule has 0 aromatic rings. The Morgan fingerprint density at radius 1 is 1.25 bits per heavy atom. The van der Waals surface area contributed by atoms with Crippen molar-refractivity contribution in [2.75, 3.05) is 19.6 Å². The van der Waals surface area contributed by atoms with E-state index in [1.165, 1.54) is 4.90 Å². The van der Waals surface area contributed by atoms with Crippen molar-refractivity contribution < 1.29 is 27.9 Å². The molecular formula is C16H25F3N2O3. The summed E-state index contributed by atoms with van der Waals surface area (Å²) >= 11 is 0. The van der Waals surface area contributed by atoms with Crippen LogP contribution < -0.4 is 0 Å². The smallest absolute Gasteiger partial charge is 0.393 e. The van der Waals surface area contributed by atoms with Crippen LogP contribution in [0.5, 0.6) is 0 Å². The van der Waals surface area contributed by atoms with Gasteiger partial charge in [-0.15, -0.1) is 0 Å². The topological polar surface area (TPSA) is 60.9 Å². The van der Waals surface area contributed by atoms with Crippen molar-refractivity contribution >= 4 is 11.9 Å². The second-order valence-electron chi connectivity index (χ2n) is 6.81. The highest BCUT2D eigenvalue weighted by Crippen LogP contribution is 2.38. The molecule has 0 spiro atoms. The Bertz CT molecular complexity index is 484. The van der Waals surface area contributed by atoms with Gasteiger partial charge in [-0.1, -0.05) is 6.92 Å². The van der Waals surface area contributed by atoms with Gasteiger partial charge < -0.3 is 10.0 Å². The third-order valence-corrected chi connectivity index (χ3v) is 5.37. The Labute approximate surface area is 139 Å². The number of hydrogen-bond acceptors (Lipinski definition) is 3. The summed E-state index contributed by atoms with van der Waals surface area (Å²) in [5.74, 6) is -5.07. The highest BCUT2D eigenvalue weighted by Gasteiger charge is 2.54. The molecule has 8 heteroatoms. The van der Waals surface area contributed by atoms with Crippen LogP contribution in [-0.2, 0) is 9.59 Å². The maximum absolute atomic E-state index is 13.1. The highest BCUT2D eigenvalue weighted by atomic mass is 19.4. The Kier molecular flexibility index (Phi) is 5.78. The summed E-state index contributed by atoms with van der Waals surface area (Å²) in [7, 11) is 0. The van der Waals surface area contributed by atoms with E-state index in [9.17, 15) is 22.8 Å². The number of hydrogen-bond donors (Lipinski definition) is 1. The van der Waals surface area contributed by atoms with Gasteiger partial charge in [0.2, 0.25) is 5.91 Å². The first-order valence-corrected chi connectivity index (χ1v) is 8.50. The van der Waals surface area contributed by atoms with Crippen molar-refractivity contribution in [2.24, 2.45) is 11.8 Å². The van der Waals surface area contributed by atoms with Crippen molar-refractivity contribution in [3.8, 4) is 0 Å². The van der Waals surface area contributed by atoms with Crippen molar-refractivity contribution in [2.45, 2.75) is 57.8 Å². The van der Waals surface area contributed by atoms with Gasteiger partial charge in [0.05, 0.1) is 17.9 Å². The molecule has 4 atom stereocenters. The van der Waals surface area contributed by atoms with E-state index in [1.54, 1.807) is 11.8 Å². The molecule has 0 aliphatic carbocycles. The largest absolute Gasteiger partial charge is 0.481 e. The first-order valence-electron chi connectivity index (χ1n) is 8.50. The number of piperidine rings is 1. The average molecular weight is 350 g/mol. The van der Waals surface area contributed by atoms with Gasteiger partial charge in [-0.2, -0.15) is 13.2 Å². The summed E-state index contributed by atoms with van der Waals surface area (Å²) in [6.07, 6.45) is -0.883. The minimum atomic E-state index is -4.57. The minimum absolute atomic E-state index is 0.130. The SMILES string of the molecule is CCC1CCCCN1C(=O)C(C)N1C[C@@H](C(F)(F)F)[C@H](C(=O)O)C1. The minimum Gasteiger partial charge on any atom is -0.481 e. The number of alkyl halides is 3. The molecule has 1 N–H and O–H groups in total. The van der Waals surface area contributed by atoms with E-state index in [4.69, 9.17) is 5.11 Å². The number of carbonyl (C=O) groups is 2. The normalized spacial score (nSPS) is 30.4. The fourth-order valence-electron chi connectivity index (χ4n) is 3.84. The number of halogens is 3. The molecule has 0 bridgehead atoms. The van der Waals surface area contributed by atoms with Crippen LogP contribution in [0.25, 0.3) is 0 Å². The third kappa shape index (κ3) is 3.84. The second-order valence-corrected chi connectivity index (χ2v) is 6.81. The van der Waals surface area contributed by atoms with Crippen molar-refractivity contribution in [3.05, 3.63) is 0 Å². The molecule has 0 aromatic carbocycles. The van der Waals surface area contributed by atoms with E-state index in [1.807, 2.05) is 6.92 Å². The molecule has 24 heavy (non-hydrogen) atoms. The lowest BCUT2D eigenvalue weighted by Gasteiger charge is -2.38. The summed E-state index contributed by atoms with van der Waals surface area (Å²) in [6, 6.07) is -0.601. The van der Waals surface area contributed by atoms with E-state index < -0.39 is 36.6 Å². The van der Waals surface area contributed by atoms with Gasteiger partial charge in [-0.25, -0.2) is 0 Å². The molecule has 2 saturated heterocycles. The summed E-state index contributed by atoms with van der Waals surface area (Å²) in [4.78, 5) is 27.1. The van der Waals surface area contributed by atoms with E-state index in [0.717, 1.165) is 25.7 Å². The van der Waals surface area contributed by atoms with Crippen molar-refractivity contribution in [3.63, 3.8) is 0 Å². The zero-order chi connectivity index (χ0) is 18.1. The molecule has 5 nitrogen and oxygen atoms in total. The second kappa shape index (κ2) is 7.29. The molecular weight excluding hydrogens is 325 g/mol. The van der Waals surface area contributed by atoms with Crippen LogP contribution in [0.3, 0.4) is 0 Å².